The summed E-state index contributed by atoms with van der Waals surface area (Å²) in [5.41, 5.74) is 12.5. The van der Waals surface area contributed by atoms with Crippen molar-refractivity contribution in [2.45, 2.75) is 33.6 Å². The predicted molar refractivity (Wildman–Crippen MR) is 56.7 cm³/mol. The van der Waals surface area contributed by atoms with E-state index in [0.717, 1.165) is 18.5 Å². The minimum absolute atomic E-state index is 1.01. The SMILES string of the molecule is CC.CC1=CC=C(N)CC1.CN. The van der Waals surface area contributed by atoms with Gasteiger partial charge in [0.25, 0.3) is 0 Å². The molecule has 0 saturated heterocycles. The van der Waals surface area contributed by atoms with E-state index in [1.54, 1.807) is 0 Å². The van der Waals surface area contributed by atoms with Crippen molar-refractivity contribution >= 4 is 0 Å². The minimum atomic E-state index is 1.01. The molecule has 0 saturated carbocycles. The van der Waals surface area contributed by atoms with Gasteiger partial charge in [0.2, 0.25) is 0 Å². The van der Waals surface area contributed by atoms with E-state index in [-0.39, 0.29) is 0 Å². The zero-order chi connectivity index (χ0) is 9.98. The number of hydrogen-bond donors (Lipinski definition) is 2. The molecule has 2 heteroatoms. The van der Waals surface area contributed by atoms with Gasteiger partial charge in [0.05, 0.1) is 0 Å². The first-order valence-electron chi connectivity index (χ1n) is 4.48. The fourth-order valence-corrected chi connectivity index (χ4v) is 0.757. The van der Waals surface area contributed by atoms with Crippen molar-refractivity contribution in [1.82, 2.24) is 0 Å². The van der Waals surface area contributed by atoms with Crippen LogP contribution in [0.25, 0.3) is 0 Å². The Morgan fingerprint density at radius 1 is 1.08 bits per heavy atom. The molecule has 0 atom stereocenters. The van der Waals surface area contributed by atoms with Crippen molar-refractivity contribution in [1.29, 1.82) is 0 Å². The molecule has 1 rings (SSSR count). The first kappa shape index (κ1) is 13.8. The average molecular weight is 170 g/mol. The van der Waals surface area contributed by atoms with Crippen LogP contribution in [0.4, 0.5) is 0 Å². The summed E-state index contributed by atoms with van der Waals surface area (Å²) >= 11 is 0. The summed E-state index contributed by atoms with van der Waals surface area (Å²) in [4.78, 5) is 0. The lowest BCUT2D eigenvalue weighted by atomic mass is 10.1. The van der Waals surface area contributed by atoms with Gasteiger partial charge < -0.3 is 11.5 Å². The molecule has 0 aromatic heterocycles. The summed E-state index contributed by atoms with van der Waals surface area (Å²) in [7, 11) is 1.50. The van der Waals surface area contributed by atoms with Gasteiger partial charge in [-0.25, -0.2) is 0 Å². The Morgan fingerprint density at radius 3 is 1.83 bits per heavy atom. The predicted octanol–water partition coefficient (Wildman–Crippen LogP) is 2.17. The molecule has 0 spiro atoms. The second kappa shape index (κ2) is 10.2. The zero-order valence-corrected chi connectivity index (χ0v) is 8.72. The normalized spacial score (nSPS) is 14.1. The summed E-state index contributed by atoms with van der Waals surface area (Å²) in [6.07, 6.45) is 6.25. The summed E-state index contributed by atoms with van der Waals surface area (Å²) in [6.45, 7) is 6.13. The van der Waals surface area contributed by atoms with Gasteiger partial charge in [0, 0.05) is 5.70 Å². The third kappa shape index (κ3) is 7.35. The van der Waals surface area contributed by atoms with E-state index in [1.807, 2.05) is 19.9 Å². The highest BCUT2D eigenvalue weighted by Gasteiger charge is 1.96. The van der Waals surface area contributed by atoms with Crippen molar-refractivity contribution in [3.63, 3.8) is 0 Å². The quantitative estimate of drug-likeness (QED) is 0.585. The van der Waals surface area contributed by atoms with E-state index in [9.17, 15) is 0 Å². The molecule has 0 aromatic rings. The topological polar surface area (TPSA) is 52.0 Å². The van der Waals surface area contributed by atoms with Crippen molar-refractivity contribution in [3.8, 4) is 0 Å². The average Bonchev–Trinajstić information content (AvgIpc) is 2.17. The van der Waals surface area contributed by atoms with E-state index in [4.69, 9.17) is 5.73 Å². The van der Waals surface area contributed by atoms with Gasteiger partial charge in [0.1, 0.15) is 0 Å². The largest absolute Gasteiger partial charge is 0.402 e. The lowest BCUT2D eigenvalue weighted by Crippen LogP contribution is -1.99. The lowest BCUT2D eigenvalue weighted by molar-refractivity contribution is 0.893. The maximum absolute atomic E-state index is 5.51. The minimum Gasteiger partial charge on any atom is -0.402 e. The molecule has 0 bridgehead atoms. The van der Waals surface area contributed by atoms with E-state index < -0.39 is 0 Å². The van der Waals surface area contributed by atoms with Crippen LogP contribution in [-0.4, -0.2) is 7.05 Å². The van der Waals surface area contributed by atoms with E-state index in [1.165, 1.54) is 12.6 Å². The van der Waals surface area contributed by atoms with E-state index in [0.29, 0.717) is 0 Å². The Hall–Kier alpha value is -0.760. The van der Waals surface area contributed by atoms with Gasteiger partial charge in [-0.3, -0.25) is 0 Å². The fourth-order valence-electron chi connectivity index (χ4n) is 0.757. The third-order valence-electron chi connectivity index (χ3n) is 1.39. The molecule has 0 amide bonds. The molecular formula is C10H22N2. The summed E-state index contributed by atoms with van der Waals surface area (Å²) < 4.78 is 0. The molecule has 0 aromatic carbocycles. The number of nitrogens with two attached hydrogens (primary N) is 2. The molecule has 0 aliphatic heterocycles. The van der Waals surface area contributed by atoms with E-state index in [2.05, 4.69) is 18.7 Å². The highest BCUT2D eigenvalue weighted by molar-refractivity contribution is 5.20. The van der Waals surface area contributed by atoms with Gasteiger partial charge in [-0.2, -0.15) is 0 Å². The summed E-state index contributed by atoms with van der Waals surface area (Å²) in [5.74, 6) is 0. The van der Waals surface area contributed by atoms with Crippen LogP contribution < -0.4 is 11.5 Å². The fraction of sp³-hybridized carbons (Fsp3) is 0.600. The molecule has 0 radical (unpaired) electrons. The molecule has 1 aliphatic carbocycles. The molecule has 0 unspecified atom stereocenters. The highest BCUT2D eigenvalue weighted by atomic mass is 14.6. The maximum atomic E-state index is 5.51. The molecule has 72 valence electrons. The van der Waals surface area contributed by atoms with Crippen LogP contribution in [0.1, 0.15) is 33.6 Å². The Kier molecular flexibility index (Phi) is 11.8. The first-order valence-corrected chi connectivity index (χ1v) is 4.48. The van der Waals surface area contributed by atoms with Crippen molar-refractivity contribution in [3.05, 3.63) is 23.4 Å². The molecule has 0 fully saturated rings. The first-order chi connectivity index (χ1) is 5.79. The van der Waals surface area contributed by atoms with Crippen molar-refractivity contribution in [2.24, 2.45) is 11.5 Å². The van der Waals surface area contributed by atoms with Crippen LogP contribution in [0.5, 0.6) is 0 Å². The number of rotatable bonds is 0. The van der Waals surface area contributed by atoms with Gasteiger partial charge in [-0.15, -0.1) is 0 Å². The number of hydrogen-bond acceptors (Lipinski definition) is 2. The molecule has 1 aliphatic rings. The smallest absolute Gasteiger partial charge is 0.00836 e. The molecule has 0 heterocycles. The third-order valence-corrected chi connectivity index (χ3v) is 1.39. The van der Waals surface area contributed by atoms with Crippen molar-refractivity contribution < 1.29 is 0 Å². The zero-order valence-electron chi connectivity index (χ0n) is 8.72. The van der Waals surface area contributed by atoms with Crippen LogP contribution >= 0.6 is 0 Å². The Balaban J connectivity index is 0. The Bertz CT molecular complexity index is 128. The summed E-state index contributed by atoms with van der Waals surface area (Å²) in [6, 6.07) is 0. The second-order valence-electron chi connectivity index (χ2n) is 2.25. The number of allylic oxidation sites excluding steroid dienone is 4. The van der Waals surface area contributed by atoms with Gasteiger partial charge in [0.15, 0.2) is 0 Å². The molecule has 12 heavy (non-hydrogen) atoms. The molecule has 2 nitrogen and oxygen atoms in total. The van der Waals surface area contributed by atoms with E-state index >= 15 is 0 Å². The maximum Gasteiger partial charge on any atom is 0.00836 e. The molecular weight excluding hydrogens is 148 g/mol. The Morgan fingerprint density at radius 2 is 1.58 bits per heavy atom. The van der Waals surface area contributed by atoms with Crippen LogP contribution in [0.15, 0.2) is 23.4 Å². The van der Waals surface area contributed by atoms with Gasteiger partial charge in [-0.1, -0.05) is 25.5 Å². The molecule has 4 N–H and O–H groups in total. The standard InChI is InChI=1S/C7H11N.C2H6.CH5N/c1-6-2-4-7(8)5-3-6;2*1-2/h2,4H,3,5,8H2,1H3;1-2H3;2H2,1H3. The lowest BCUT2D eigenvalue weighted by Gasteiger charge is -2.05. The second-order valence-corrected chi connectivity index (χ2v) is 2.25. The van der Waals surface area contributed by atoms with Crippen LogP contribution in [0.3, 0.4) is 0 Å². The van der Waals surface area contributed by atoms with Gasteiger partial charge in [-0.05, 0) is 32.9 Å². The summed E-state index contributed by atoms with van der Waals surface area (Å²) in [5, 5.41) is 0. The van der Waals surface area contributed by atoms with Crippen molar-refractivity contribution in [2.75, 3.05) is 7.05 Å². The Labute approximate surface area is 76.3 Å². The van der Waals surface area contributed by atoms with Gasteiger partial charge >= 0.3 is 0 Å². The van der Waals surface area contributed by atoms with Crippen LogP contribution in [0, 0.1) is 0 Å². The monoisotopic (exact) mass is 170 g/mol. The van der Waals surface area contributed by atoms with Crippen LogP contribution in [-0.2, 0) is 0 Å². The van der Waals surface area contributed by atoms with Crippen LogP contribution in [0.2, 0.25) is 0 Å². The highest BCUT2D eigenvalue weighted by Crippen LogP contribution is 2.12.